The molecule has 0 heterocycles. The molecule has 0 bridgehead atoms. The van der Waals surface area contributed by atoms with Crippen LogP contribution in [0.4, 0.5) is 0 Å². The summed E-state index contributed by atoms with van der Waals surface area (Å²) in [7, 11) is -7.58. The molecule has 0 aromatic carbocycles. The van der Waals surface area contributed by atoms with Crippen molar-refractivity contribution in [2.75, 3.05) is 17.9 Å². The van der Waals surface area contributed by atoms with Gasteiger partial charge in [0, 0.05) is 25.3 Å². The van der Waals surface area contributed by atoms with E-state index < -0.39 is 31.0 Å². The van der Waals surface area contributed by atoms with Crippen molar-refractivity contribution in [2.45, 2.75) is 26.3 Å². The Hall–Kier alpha value is -0.870. The Bertz CT molecular complexity index is 495. The van der Waals surface area contributed by atoms with Gasteiger partial charge in [-0.15, -0.1) is 0 Å². The Balaban J connectivity index is 5.01. The molecule has 0 aromatic rings. The number of sulfone groups is 1. The first-order valence-electron chi connectivity index (χ1n) is 5.13. The molecule has 0 spiro atoms. The summed E-state index contributed by atoms with van der Waals surface area (Å²) >= 11 is 0. The minimum absolute atomic E-state index is 0.0255. The van der Waals surface area contributed by atoms with Crippen molar-refractivity contribution in [3.05, 3.63) is 0 Å². The van der Waals surface area contributed by atoms with Crippen LogP contribution in [0.5, 0.6) is 0 Å². The summed E-state index contributed by atoms with van der Waals surface area (Å²) in [4.78, 5) is 0. The fourth-order valence-electron chi connectivity index (χ4n) is 1.33. The quantitative estimate of drug-likeness (QED) is 0.273. The Morgan fingerprint density at radius 1 is 1.33 bits per heavy atom. The molecule has 0 saturated heterocycles. The fraction of sp³-hybridized carbons (Fsp3) is 0.875. The Kier molecular flexibility index (Phi) is 6.04. The highest BCUT2D eigenvalue weighted by molar-refractivity contribution is 8.06. The molecule has 0 atom stereocenters. The van der Waals surface area contributed by atoms with Gasteiger partial charge in [-0.3, -0.25) is 0 Å². The van der Waals surface area contributed by atoms with Crippen LogP contribution >= 0.6 is 0 Å². The predicted molar refractivity (Wildman–Crippen MR) is 68.5 cm³/mol. The van der Waals surface area contributed by atoms with Gasteiger partial charge in [0.05, 0.1) is 0 Å². The van der Waals surface area contributed by atoms with Crippen LogP contribution in [0.15, 0.2) is 5.16 Å². The van der Waals surface area contributed by atoms with E-state index in [9.17, 15) is 16.8 Å². The van der Waals surface area contributed by atoms with Crippen LogP contribution in [0, 0.1) is 0 Å². The van der Waals surface area contributed by atoms with Gasteiger partial charge in [0.2, 0.25) is 10.0 Å². The first kappa shape index (κ1) is 17.1. The van der Waals surface area contributed by atoms with Crippen molar-refractivity contribution in [1.29, 1.82) is 0 Å². The molecule has 108 valence electrons. The minimum atomic E-state index is -3.93. The van der Waals surface area contributed by atoms with Crippen LogP contribution in [-0.4, -0.2) is 56.1 Å². The van der Waals surface area contributed by atoms with Crippen LogP contribution in [0.3, 0.4) is 0 Å². The van der Waals surface area contributed by atoms with E-state index in [1.165, 1.54) is 0 Å². The highest BCUT2D eigenvalue weighted by atomic mass is 32.3. The number of hydrogen-bond donors (Lipinski definition) is 2. The van der Waals surface area contributed by atoms with Gasteiger partial charge in [0.15, 0.2) is 14.9 Å². The maximum atomic E-state index is 11.9. The molecule has 0 aliphatic carbocycles. The molecular formula is C8H19N3O5S2. The maximum Gasteiger partial charge on any atom is 0.228 e. The first-order chi connectivity index (χ1) is 7.99. The van der Waals surface area contributed by atoms with E-state index in [0.717, 1.165) is 10.6 Å². The third-order valence-electron chi connectivity index (χ3n) is 2.01. The van der Waals surface area contributed by atoms with Crippen LogP contribution in [0.2, 0.25) is 0 Å². The Labute approximate surface area is 107 Å². The summed E-state index contributed by atoms with van der Waals surface area (Å²) in [6.07, 6.45) is 0.879. The van der Waals surface area contributed by atoms with Gasteiger partial charge in [0.1, 0.15) is 5.84 Å². The number of oxime groups is 1. The van der Waals surface area contributed by atoms with Gasteiger partial charge in [-0.25, -0.2) is 16.8 Å². The summed E-state index contributed by atoms with van der Waals surface area (Å²) in [6.45, 7) is 3.20. The second-order valence-electron chi connectivity index (χ2n) is 4.20. The number of hydrogen-bond acceptors (Lipinski definition) is 6. The van der Waals surface area contributed by atoms with Crippen LogP contribution < -0.4 is 5.73 Å². The van der Waals surface area contributed by atoms with E-state index in [1.54, 1.807) is 13.8 Å². The molecule has 0 unspecified atom stereocenters. The minimum Gasteiger partial charge on any atom is -0.409 e. The molecule has 0 aliphatic heterocycles. The van der Waals surface area contributed by atoms with Crippen LogP contribution in [0.25, 0.3) is 0 Å². The van der Waals surface area contributed by atoms with E-state index in [2.05, 4.69) is 5.16 Å². The molecule has 0 saturated carbocycles. The second kappa shape index (κ2) is 6.34. The molecule has 0 rings (SSSR count). The number of sulfonamides is 1. The smallest absolute Gasteiger partial charge is 0.228 e. The van der Waals surface area contributed by atoms with Gasteiger partial charge in [-0.2, -0.15) is 4.31 Å². The molecule has 18 heavy (non-hydrogen) atoms. The number of nitrogens with two attached hydrogens (primary N) is 1. The monoisotopic (exact) mass is 301 g/mol. The van der Waals surface area contributed by atoms with E-state index in [4.69, 9.17) is 10.9 Å². The second-order valence-corrected chi connectivity index (χ2v) is 8.63. The van der Waals surface area contributed by atoms with E-state index in [0.29, 0.717) is 0 Å². The summed E-state index contributed by atoms with van der Waals surface area (Å²) in [6, 6.07) is -0.414. The number of amidine groups is 1. The van der Waals surface area contributed by atoms with Crippen molar-refractivity contribution in [3.8, 4) is 0 Å². The normalized spacial score (nSPS) is 14.4. The molecule has 10 heteroatoms. The van der Waals surface area contributed by atoms with Gasteiger partial charge in [0.25, 0.3) is 0 Å². The van der Waals surface area contributed by atoms with Crippen LogP contribution in [-0.2, 0) is 19.9 Å². The average molecular weight is 301 g/mol. The zero-order valence-electron chi connectivity index (χ0n) is 10.6. The SMILES string of the molecule is CC(C)N(CCC(N)=NO)S(=O)(=O)CS(C)(=O)=O. The lowest BCUT2D eigenvalue weighted by atomic mass is 10.3. The Morgan fingerprint density at radius 2 is 1.83 bits per heavy atom. The zero-order valence-corrected chi connectivity index (χ0v) is 12.2. The van der Waals surface area contributed by atoms with Crippen molar-refractivity contribution >= 4 is 25.7 Å². The fourth-order valence-corrected chi connectivity index (χ4v) is 5.05. The average Bonchev–Trinajstić information content (AvgIpc) is 2.12. The third-order valence-corrected chi connectivity index (χ3v) is 6.24. The van der Waals surface area contributed by atoms with Gasteiger partial charge in [-0.05, 0) is 13.8 Å². The standard InChI is InChI=1S/C8H19N3O5S2/c1-7(2)11(5-4-8(9)10-12)18(15,16)6-17(3,13)14/h7,12H,4-6H2,1-3H3,(H2,9,10). The lowest BCUT2D eigenvalue weighted by Crippen LogP contribution is -2.41. The van der Waals surface area contributed by atoms with E-state index >= 15 is 0 Å². The highest BCUT2D eigenvalue weighted by Crippen LogP contribution is 2.10. The summed E-state index contributed by atoms with van der Waals surface area (Å²) in [5.41, 5.74) is 5.25. The molecular weight excluding hydrogens is 282 g/mol. The molecule has 3 N–H and O–H groups in total. The van der Waals surface area contributed by atoms with Crippen LogP contribution in [0.1, 0.15) is 20.3 Å². The topological polar surface area (TPSA) is 130 Å². The first-order valence-corrected chi connectivity index (χ1v) is 8.80. The Morgan fingerprint density at radius 3 is 2.17 bits per heavy atom. The van der Waals surface area contributed by atoms with Gasteiger partial charge >= 0.3 is 0 Å². The number of nitrogens with zero attached hydrogens (tertiary/aromatic N) is 2. The zero-order chi connectivity index (χ0) is 14.6. The van der Waals surface area contributed by atoms with Gasteiger partial charge < -0.3 is 10.9 Å². The van der Waals surface area contributed by atoms with Crippen molar-refractivity contribution in [2.24, 2.45) is 10.9 Å². The molecule has 0 fully saturated rings. The molecule has 0 aromatic heterocycles. The van der Waals surface area contributed by atoms with E-state index in [1.807, 2.05) is 0 Å². The highest BCUT2D eigenvalue weighted by Gasteiger charge is 2.28. The van der Waals surface area contributed by atoms with Crippen molar-refractivity contribution < 1.29 is 22.0 Å². The maximum absolute atomic E-state index is 11.9. The third kappa shape index (κ3) is 6.17. The lowest BCUT2D eigenvalue weighted by Gasteiger charge is -2.25. The number of rotatable bonds is 7. The molecule has 0 amide bonds. The molecule has 0 aliphatic rings. The van der Waals surface area contributed by atoms with Crippen molar-refractivity contribution in [3.63, 3.8) is 0 Å². The summed E-state index contributed by atoms with van der Waals surface area (Å²) in [5.74, 6) is -0.116. The predicted octanol–water partition coefficient (Wildman–Crippen LogP) is -0.835. The lowest BCUT2D eigenvalue weighted by molar-refractivity contribution is 0.313. The molecule has 0 radical (unpaired) electrons. The largest absolute Gasteiger partial charge is 0.409 e. The summed E-state index contributed by atoms with van der Waals surface area (Å²) < 4.78 is 47.0. The summed E-state index contributed by atoms with van der Waals surface area (Å²) in [5, 5.41) is 10.2. The van der Waals surface area contributed by atoms with Gasteiger partial charge in [-0.1, -0.05) is 5.16 Å². The molecule has 8 nitrogen and oxygen atoms in total. The van der Waals surface area contributed by atoms with Crippen molar-refractivity contribution in [1.82, 2.24) is 4.31 Å². The van der Waals surface area contributed by atoms with E-state index in [-0.39, 0.29) is 18.8 Å².